The average Bonchev–Trinajstić information content (AvgIpc) is 3.73. The summed E-state index contributed by atoms with van der Waals surface area (Å²) < 4.78 is 2.57. The largest absolute Gasteiger partial charge is 0.310 e. The van der Waals surface area contributed by atoms with E-state index in [9.17, 15) is 0 Å². The van der Waals surface area contributed by atoms with Gasteiger partial charge in [0.2, 0.25) is 0 Å². The summed E-state index contributed by atoms with van der Waals surface area (Å²) in [7, 11) is 0. The minimum Gasteiger partial charge on any atom is -0.310 e. The lowest BCUT2D eigenvalue weighted by molar-refractivity contribution is 0.396. The second kappa shape index (κ2) is 13.1. The lowest BCUT2D eigenvalue weighted by Crippen LogP contribution is -2.25. The van der Waals surface area contributed by atoms with Crippen molar-refractivity contribution in [2.24, 2.45) is 5.92 Å². The van der Waals surface area contributed by atoms with Crippen molar-refractivity contribution in [2.45, 2.75) is 25.2 Å². The molecule has 57 heavy (non-hydrogen) atoms. The van der Waals surface area contributed by atoms with Gasteiger partial charge in [0, 0.05) is 39.1 Å². The Morgan fingerprint density at radius 1 is 0.491 bits per heavy atom. The fourth-order valence-electron chi connectivity index (χ4n) is 10.0. The van der Waals surface area contributed by atoms with E-state index in [4.69, 9.17) is 0 Å². The van der Waals surface area contributed by atoms with Crippen LogP contribution in [0.1, 0.15) is 30.9 Å². The first kappa shape index (κ1) is 33.4. The zero-order chi connectivity index (χ0) is 38.1. The van der Waals surface area contributed by atoms with Crippen LogP contribution in [0.4, 0.5) is 17.1 Å². The van der Waals surface area contributed by atoms with Gasteiger partial charge in [-0.1, -0.05) is 172 Å². The molecule has 9 aromatic rings. The molecule has 11 rings (SSSR count). The molecule has 0 spiro atoms. The summed E-state index contributed by atoms with van der Waals surface area (Å²) in [5.41, 5.74) is 14.6. The van der Waals surface area contributed by atoms with E-state index in [0.717, 1.165) is 17.1 Å². The van der Waals surface area contributed by atoms with Gasteiger partial charge < -0.3 is 9.47 Å². The standard InChI is InChI=1S/C55H42N2/c1-55(2)49-30-18-17-27-44(49)47-31-32-48-52-46-29-16-15-28-45(46)50(36-51(52)57(54(48)53(47)55)42-25-13-6-14-26-42)56(41-23-11-5-12-24-41)43-34-39(37-19-7-3-8-20-37)33-40(35-43)38-21-9-4-10-22-38/h3-36,44,49H,1-2H3. The molecule has 0 aliphatic heterocycles. The highest BCUT2D eigenvalue weighted by molar-refractivity contribution is 6.25. The van der Waals surface area contributed by atoms with Crippen LogP contribution in [-0.4, -0.2) is 4.57 Å². The first-order valence-electron chi connectivity index (χ1n) is 20.1. The van der Waals surface area contributed by atoms with Crippen LogP contribution in [0.5, 0.6) is 0 Å². The second-order valence-electron chi connectivity index (χ2n) is 16.1. The molecule has 272 valence electrons. The lowest BCUT2D eigenvalue weighted by Gasteiger charge is -2.30. The lowest BCUT2D eigenvalue weighted by atomic mass is 9.74. The van der Waals surface area contributed by atoms with E-state index in [1.807, 2.05) is 0 Å². The molecule has 8 aromatic carbocycles. The number of hydrogen-bond donors (Lipinski definition) is 0. The van der Waals surface area contributed by atoms with Gasteiger partial charge in [0.25, 0.3) is 0 Å². The Kier molecular flexibility index (Phi) is 7.69. The van der Waals surface area contributed by atoms with Crippen molar-refractivity contribution in [3.8, 4) is 27.9 Å². The molecule has 0 saturated carbocycles. The molecule has 2 aliphatic carbocycles. The quantitative estimate of drug-likeness (QED) is 0.165. The molecule has 2 nitrogen and oxygen atoms in total. The van der Waals surface area contributed by atoms with Gasteiger partial charge in [0.1, 0.15) is 0 Å². The summed E-state index contributed by atoms with van der Waals surface area (Å²) in [6, 6.07) is 66.8. The molecule has 2 atom stereocenters. The molecule has 0 fully saturated rings. The molecule has 0 bridgehead atoms. The molecular formula is C55H42N2. The number of rotatable bonds is 6. The fraction of sp³-hybridized carbons (Fsp3) is 0.0909. The van der Waals surface area contributed by atoms with Gasteiger partial charge in [-0.15, -0.1) is 0 Å². The Balaban J connectivity index is 1.27. The van der Waals surface area contributed by atoms with Crippen LogP contribution in [-0.2, 0) is 5.41 Å². The maximum Gasteiger partial charge on any atom is 0.0581 e. The van der Waals surface area contributed by atoms with Crippen molar-refractivity contribution in [3.05, 3.63) is 217 Å². The molecule has 2 heteroatoms. The summed E-state index contributed by atoms with van der Waals surface area (Å²) in [6.07, 6.45) is 9.33. The zero-order valence-electron chi connectivity index (χ0n) is 32.2. The van der Waals surface area contributed by atoms with E-state index in [0.29, 0.717) is 11.8 Å². The van der Waals surface area contributed by atoms with Crippen molar-refractivity contribution in [1.29, 1.82) is 0 Å². The highest BCUT2D eigenvalue weighted by Gasteiger charge is 2.46. The van der Waals surface area contributed by atoms with E-state index in [-0.39, 0.29) is 5.41 Å². The van der Waals surface area contributed by atoms with E-state index in [1.165, 1.54) is 71.6 Å². The minimum atomic E-state index is -0.0674. The monoisotopic (exact) mass is 730 g/mol. The Morgan fingerprint density at radius 2 is 1.07 bits per heavy atom. The Bertz CT molecular complexity index is 2970. The van der Waals surface area contributed by atoms with Crippen LogP contribution in [0.15, 0.2) is 206 Å². The van der Waals surface area contributed by atoms with Gasteiger partial charge in [0.15, 0.2) is 0 Å². The normalized spacial score (nSPS) is 16.6. The van der Waals surface area contributed by atoms with Gasteiger partial charge in [-0.05, 0) is 98.6 Å². The molecule has 1 aromatic heterocycles. The van der Waals surface area contributed by atoms with Crippen LogP contribution < -0.4 is 4.90 Å². The van der Waals surface area contributed by atoms with E-state index in [2.05, 4.69) is 230 Å². The van der Waals surface area contributed by atoms with Crippen molar-refractivity contribution in [3.63, 3.8) is 0 Å². The van der Waals surface area contributed by atoms with Crippen LogP contribution in [0, 0.1) is 5.92 Å². The van der Waals surface area contributed by atoms with Gasteiger partial charge in [-0.3, -0.25) is 0 Å². The maximum absolute atomic E-state index is 2.57. The summed E-state index contributed by atoms with van der Waals surface area (Å²) in [4.78, 5) is 2.48. The number of benzene rings is 8. The molecule has 2 aliphatic rings. The molecule has 0 saturated heterocycles. The summed E-state index contributed by atoms with van der Waals surface area (Å²) in [6.45, 7) is 4.91. The van der Waals surface area contributed by atoms with Gasteiger partial charge >= 0.3 is 0 Å². The summed E-state index contributed by atoms with van der Waals surface area (Å²) in [5, 5.41) is 5.07. The summed E-state index contributed by atoms with van der Waals surface area (Å²) in [5.74, 6) is 0.769. The summed E-state index contributed by atoms with van der Waals surface area (Å²) >= 11 is 0. The van der Waals surface area contributed by atoms with Crippen LogP contribution in [0.3, 0.4) is 0 Å². The Morgan fingerprint density at radius 3 is 1.74 bits per heavy atom. The average molecular weight is 731 g/mol. The van der Waals surface area contributed by atoms with Crippen LogP contribution >= 0.6 is 0 Å². The van der Waals surface area contributed by atoms with Crippen LogP contribution in [0.2, 0.25) is 0 Å². The topological polar surface area (TPSA) is 8.17 Å². The molecule has 2 unspecified atom stereocenters. The minimum absolute atomic E-state index is 0.0674. The number of nitrogens with zero attached hydrogens (tertiary/aromatic N) is 2. The number of hydrogen-bond acceptors (Lipinski definition) is 1. The van der Waals surface area contributed by atoms with Crippen molar-refractivity contribution >= 4 is 49.6 Å². The number of para-hydroxylation sites is 2. The van der Waals surface area contributed by atoms with Gasteiger partial charge in [-0.25, -0.2) is 0 Å². The highest BCUT2D eigenvalue weighted by Crippen LogP contribution is 2.57. The molecular weight excluding hydrogens is 689 g/mol. The van der Waals surface area contributed by atoms with Gasteiger partial charge in [0.05, 0.1) is 16.7 Å². The maximum atomic E-state index is 2.57. The molecule has 1 heterocycles. The van der Waals surface area contributed by atoms with E-state index in [1.54, 1.807) is 0 Å². The first-order chi connectivity index (χ1) is 28.1. The van der Waals surface area contributed by atoms with Crippen molar-refractivity contribution in [1.82, 2.24) is 4.57 Å². The third-order valence-corrected chi connectivity index (χ3v) is 12.6. The molecule has 0 N–H and O–H groups in total. The highest BCUT2D eigenvalue weighted by atomic mass is 15.1. The Labute approximate surface area is 334 Å². The first-order valence-corrected chi connectivity index (χ1v) is 20.1. The zero-order valence-corrected chi connectivity index (χ0v) is 32.2. The van der Waals surface area contributed by atoms with Crippen molar-refractivity contribution in [2.75, 3.05) is 4.90 Å². The van der Waals surface area contributed by atoms with E-state index < -0.39 is 0 Å². The second-order valence-corrected chi connectivity index (χ2v) is 16.1. The predicted octanol–water partition coefficient (Wildman–Crippen LogP) is 14.9. The number of fused-ring (bicyclic) bond motifs is 9. The Hall–Kier alpha value is -6.90. The SMILES string of the molecule is CC1(C)c2c(ccc3c4c5ccccc5c(N(c5ccccc5)c5cc(-c6ccccc6)cc(-c6ccccc6)c5)cc4n(-c4ccccc4)c23)C2C=CC=CC21. The third kappa shape index (κ3) is 5.25. The fourth-order valence-corrected chi connectivity index (χ4v) is 10.0. The van der Waals surface area contributed by atoms with E-state index >= 15 is 0 Å². The number of aromatic nitrogens is 1. The van der Waals surface area contributed by atoms with Gasteiger partial charge in [-0.2, -0.15) is 0 Å². The third-order valence-electron chi connectivity index (χ3n) is 12.6. The van der Waals surface area contributed by atoms with Crippen LogP contribution in [0.25, 0.3) is 60.5 Å². The smallest absolute Gasteiger partial charge is 0.0581 e. The number of anilines is 3. The molecule has 0 amide bonds. The predicted molar refractivity (Wildman–Crippen MR) is 241 cm³/mol. The van der Waals surface area contributed by atoms with Crippen molar-refractivity contribution < 1.29 is 0 Å². The molecule has 0 radical (unpaired) electrons. The number of allylic oxidation sites excluding steroid dienone is 4.